The monoisotopic (exact) mass is 283 g/mol. The maximum absolute atomic E-state index is 11.7. The molecule has 2 rings (SSSR count). The molecule has 0 aromatic carbocycles. The molecule has 18 heavy (non-hydrogen) atoms. The second-order valence-electron chi connectivity index (χ2n) is 3.51. The highest BCUT2D eigenvalue weighted by molar-refractivity contribution is 7.07. The summed E-state index contributed by atoms with van der Waals surface area (Å²) >= 11 is 7.06. The van der Waals surface area contributed by atoms with Gasteiger partial charge in [0.05, 0.1) is 18.5 Å². The third-order valence-electron chi connectivity index (χ3n) is 2.24. The van der Waals surface area contributed by atoms with Crippen LogP contribution in [0.5, 0.6) is 0 Å². The zero-order valence-corrected chi connectivity index (χ0v) is 10.8. The lowest BCUT2D eigenvalue weighted by molar-refractivity contribution is 0.0911. The smallest absolute Gasteiger partial charge is 0.271 e. The minimum Gasteiger partial charge on any atom is -0.387 e. The number of carbonyl (C=O) groups is 1. The highest BCUT2D eigenvalue weighted by atomic mass is 35.5. The first-order valence-electron chi connectivity index (χ1n) is 5.12. The number of hydrogen-bond donors (Lipinski definition) is 2. The number of aliphatic hydroxyl groups excluding tert-OH is 1. The van der Waals surface area contributed by atoms with Crippen LogP contribution < -0.4 is 5.32 Å². The third kappa shape index (κ3) is 3.25. The van der Waals surface area contributed by atoms with E-state index in [1.165, 1.54) is 23.7 Å². The predicted molar refractivity (Wildman–Crippen MR) is 68.7 cm³/mol. The number of hydrogen-bond acceptors (Lipinski definition) is 5. The molecule has 2 N–H and O–H groups in total. The standard InChI is InChI=1S/C11H10ClN3O2S/c12-10-5-13-8(3-14-10)11(17)15-4-9(16)7-1-2-18-6-7/h1-3,5-6,9,16H,4H2,(H,15,17). The summed E-state index contributed by atoms with van der Waals surface area (Å²) in [4.78, 5) is 19.3. The number of aliphatic hydroxyl groups is 1. The molecule has 0 radical (unpaired) electrons. The fourth-order valence-corrected chi connectivity index (χ4v) is 2.10. The van der Waals surface area contributed by atoms with E-state index in [0.717, 1.165) is 5.56 Å². The van der Waals surface area contributed by atoms with Crippen molar-refractivity contribution in [3.8, 4) is 0 Å². The summed E-state index contributed by atoms with van der Waals surface area (Å²) in [6.07, 6.45) is 1.86. The van der Waals surface area contributed by atoms with Crippen molar-refractivity contribution >= 4 is 28.8 Å². The highest BCUT2D eigenvalue weighted by Gasteiger charge is 2.12. The first-order chi connectivity index (χ1) is 8.66. The first kappa shape index (κ1) is 12.9. The van der Waals surface area contributed by atoms with Crippen molar-refractivity contribution < 1.29 is 9.90 Å². The van der Waals surface area contributed by atoms with Crippen LogP contribution in [0.4, 0.5) is 0 Å². The summed E-state index contributed by atoms with van der Waals surface area (Å²) < 4.78 is 0. The molecule has 2 aromatic rings. The Morgan fingerprint density at radius 2 is 2.33 bits per heavy atom. The molecule has 7 heteroatoms. The van der Waals surface area contributed by atoms with Crippen LogP contribution >= 0.6 is 22.9 Å². The Morgan fingerprint density at radius 3 is 2.94 bits per heavy atom. The Balaban J connectivity index is 1.90. The van der Waals surface area contributed by atoms with Gasteiger partial charge in [0.25, 0.3) is 5.91 Å². The van der Waals surface area contributed by atoms with Crippen molar-refractivity contribution in [3.05, 3.63) is 45.6 Å². The van der Waals surface area contributed by atoms with E-state index >= 15 is 0 Å². The van der Waals surface area contributed by atoms with Crippen molar-refractivity contribution in [1.82, 2.24) is 15.3 Å². The van der Waals surface area contributed by atoms with Crippen LogP contribution in [0.2, 0.25) is 5.15 Å². The van der Waals surface area contributed by atoms with E-state index in [1.54, 1.807) is 0 Å². The van der Waals surface area contributed by atoms with Crippen LogP contribution in [0.3, 0.4) is 0 Å². The fraction of sp³-hybridized carbons (Fsp3) is 0.182. The van der Waals surface area contributed by atoms with Crippen molar-refractivity contribution in [2.24, 2.45) is 0 Å². The molecule has 2 heterocycles. The molecule has 1 atom stereocenters. The van der Waals surface area contributed by atoms with Crippen molar-refractivity contribution in [3.63, 3.8) is 0 Å². The fourth-order valence-electron chi connectivity index (χ4n) is 1.29. The summed E-state index contributed by atoms with van der Waals surface area (Å²) in [7, 11) is 0. The molecule has 0 spiro atoms. The van der Waals surface area contributed by atoms with Gasteiger partial charge in [-0.1, -0.05) is 11.6 Å². The minimum atomic E-state index is -0.722. The predicted octanol–water partition coefficient (Wildman–Crippen LogP) is 1.65. The zero-order chi connectivity index (χ0) is 13.0. The summed E-state index contributed by atoms with van der Waals surface area (Å²) in [5, 5.41) is 16.3. The Hall–Kier alpha value is -1.50. The summed E-state index contributed by atoms with van der Waals surface area (Å²) in [6.45, 7) is 0.125. The van der Waals surface area contributed by atoms with E-state index in [-0.39, 0.29) is 17.4 Å². The van der Waals surface area contributed by atoms with E-state index < -0.39 is 12.0 Å². The first-order valence-corrected chi connectivity index (χ1v) is 6.45. The number of thiophene rings is 1. The van der Waals surface area contributed by atoms with Crippen molar-refractivity contribution in [1.29, 1.82) is 0 Å². The van der Waals surface area contributed by atoms with Gasteiger partial charge in [0.1, 0.15) is 10.8 Å². The lowest BCUT2D eigenvalue weighted by Gasteiger charge is -2.09. The summed E-state index contributed by atoms with van der Waals surface area (Å²) in [5.41, 5.74) is 0.944. The van der Waals surface area contributed by atoms with Crippen LogP contribution in [0.15, 0.2) is 29.2 Å². The average Bonchev–Trinajstić information content (AvgIpc) is 2.90. The number of nitrogens with one attached hydrogen (secondary N) is 1. The maximum atomic E-state index is 11.7. The SMILES string of the molecule is O=C(NCC(O)c1ccsc1)c1cnc(Cl)cn1. The molecule has 0 fully saturated rings. The van der Waals surface area contributed by atoms with Gasteiger partial charge in [0.15, 0.2) is 0 Å². The number of aromatic nitrogens is 2. The number of rotatable bonds is 4. The molecule has 0 bridgehead atoms. The Morgan fingerprint density at radius 1 is 1.50 bits per heavy atom. The van der Waals surface area contributed by atoms with Gasteiger partial charge in [-0.15, -0.1) is 0 Å². The Kier molecular flexibility index (Phi) is 4.24. The summed E-state index contributed by atoms with van der Waals surface area (Å²) in [5.74, 6) is -0.395. The number of carbonyl (C=O) groups excluding carboxylic acids is 1. The molecule has 2 aromatic heterocycles. The van der Waals surface area contributed by atoms with Gasteiger partial charge < -0.3 is 10.4 Å². The quantitative estimate of drug-likeness (QED) is 0.895. The third-order valence-corrected chi connectivity index (χ3v) is 3.13. The average molecular weight is 284 g/mol. The largest absolute Gasteiger partial charge is 0.387 e. The van der Waals surface area contributed by atoms with Gasteiger partial charge >= 0.3 is 0 Å². The van der Waals surface area contributed by atoms with Crippen molar-refractivity contribution in [2.45, 2.75) is 6.10 Å². The van der Waals surface area contributed by atoms with E-state index in [9.17, 15) is 9.90 Å². The molecule has 94 valence electrons. The normalized spacial score (nSPS) is 12.1. The van der Waals surface area contributed by atoms with Gasteiger partial charge in [-0.2, -0.15) is 11.3 Å². The minimum absolute atomic E-state index is 0.125. The van der Waals surface area contributed by atoms with E-state index in [2.05, 4.69) is 15.3 Å². The molecule has 0 aliphatic heterocycles. The van der Waals surface area contributed by atoms with Crippen LogP contribution in [-0.2, 0) is 0 Å². The maximum Gasteiger partial charge on any atom is 0.271 e. The van der Waals surface area contributed by atoms with Crippen LogP contribution in [0, 0.1) is 0 Å². The van der Waals surface area contributed by atoms with Gasteiger partial charge in [0, 0.05) is 6.54 Å². The topological polar surface area (TPSA) is 75.1 Å². The number of halogens is 1. The van der Waals surface area contributed by atoms with Gasteiger partial charge in [-0.05, 0) is 22.4 Å². The van der Waals surface area contributed by atoms with Gasteiger partial charge in [-0.3, -0.25) is 4.79 Å². The molecule has 0 saturated heterocycles. The highest BCUT2D eigenvalue weighted by Crippen LogP contribution is 2.15. The second kappa shape index (κ2) is 5.90. The molecule has 0 saturated carbocycles. The molecular weight excluding hydrogens is 274 g/mol. The van der Waals surface area contributed by atoms with Gasteiger partial charge in [0.2, 0.25) is 0 Å². The molecule has 0 aliphatic carbocycles. The number of amides is 1. The van der Waals surface area contributed by atoms with Crippen LogP contribution in [-0.4, -0.2) is 27.5 Å². The lowest BCUT2D eigenvalue weighted by Crippen LogP contribution is -2.29. The van der Waals surface area contributed by atoms with Gasteiger partial charge in [-0.25, -0.2) is 9.97 Å². The van der Waals surface area contributed by atoms with E-state index in [1.807, 2.05) is 16.8 Å². The molecule has 0 aliphatic rings. The molecule has 1 amide bonds. The van der Waals surface area contributed by atoms with Crippen LogP contribution in [0.1, 0.15) is 22.2 Å². The lowest BCUT2D eigenvalue weighted by atomic mass is 10.2. The Labute approximate surface area is 112 Å². The van der Waals surface area contributed by atoms with Crippen LogP contribution in [0.25, 0.3) is 0 Å². The zero-order valence-electron chi connectivity index (χ0n) is 9.21. The molecule has 5 nitrogen and oxygen atoms in total. The van der Waals surface area contributed by atoms with E-state index in [0.29, 0.717) is 0 Å². The molecule has 1 unspecified atom stereocenters. The number of nitrogens with zero attached hydrogens (tertiary/aromatic N) is 2. The second-order valence-corrected chi connectivity index (χ2v) is 4.67. The van der Waals surface area contributed by atoms with Crippen molar-refractivity contribution in [2.75, 3.05) is 6.54 Å². The summed E-state index contributed by atoms with van der Waals surface area (Å²) in [6, 6.07) is 1.81. The molecular formula is C11H10ClN3O2S. The van der Waals surface area contributed by atoms with E-state index in [4.69, 9.17) is 11.6 Å². The Bertz CT molecular complexity index is 516.